The average Bonchev–Trinajstić information content (AvgIpc) is 2.73. The molecule has 1 aromatic rings. The number of amides is 2. The SMILES string of the molecule is N=C1SCC(=O)N1c1nonc1C(N)=O. The van der Waals surface area contributed by atoms with Crippen LogP contribution < -0.4 is 10.6 Å². The zero-order chi connectivity index (χ0) is 11.0. The fourth-order valence-corrected chi connectivity index (χ4v) is 1.78. The maximum atomic E-state index is 11.4. The molecule has 15 heavy (non-hydrogen) atoms. The van der Waals surface area contributed by atoms with Gasteiger partial charge in [0.25, 0.3) is 5.91 Å². The molecule has 3 N–H and O–H groups in total. The first-order chi connectivity index (χ1) is 7.11. The first-order valence-electron chi connectivity index (χ1n) is 3.78. The molecule has 1 aliphatic rings. The highest BCUT2D eigenvalue weighted by Gasteiger charge is 2.34. The van der Waals surface area contributed by atoms with Gasteiger partial charge in [0, 0.05) is 0 Å². The Morgan fingerprint density at radius 3 is 2.87 bits per heavy atom. The third-order valence-corrected chi connectivity index (χ3v) is 2.55. The Morgan fingerprint density at radius 1 is 1.60 bits per heavy atom. The molecular weight excluding hydrogens is 222 g/mol. The van der Waals surface area contributed by atoms with E-state index in [-0.39, 0.29) is 28.3 Å². The lowest BCUT2D eigenvalue weighted by molar-refractivity contribution is -0.115. The predicted molar refractivity (Wildman–Crippen MR) is 50.5 cm³/mol. The summed E-state index contributed by atoms with van der Waals surface area (Å²) in [6, 6.07) is 0. The minimum atomic E-state index is -0.858. The van der Waals surface area contributed by atoms with Crippen LogP contribution in [-0.4, -0.2) is 33.0 Å². The standard InChI is InChI=1S/C6H5N5O3S/c7-4(13)3-5(10-14-9-3)11-2(12)1-15-6(11)8/h8H,1H2,(H2,7,13). The van der Waals surface area contributed by atoms with Crippen molar-refractivity contribution in [3.63, 3.8) is 0 Å². The highest BCUT2D eigenvalue weighted by molar-refractivity contribution is 8.15. The number of nitrogens with zero attached hydrogens (tertiary/aromatic N) is 3. The van der Waals surface area contributed by atoms with Crippen LogP contribution in [0.15, 0.2) is 4.63 Å². The zero-order valence-electron chi connectivity index (χ0n) is 7.26. The molecule has 1 aromatic heterocycles. The summed E-state index contributed by atoms with van der Waals surface area (Å²) in [5.74, 6) is -1.21. The van der Waals surface area contributed by atoms with Crippen molar-refractivity contribution in [2.75, 3.05) is 10.7 Å². The molecular formula is C6H5N5O3S. The van der Waals surface area contributed by atoms with Crippen LogP contribution in [0.25, 0.3) is 0 Å². The van der Waals surface area contributed by atoms with Gasteiger partial charge < -0.3 is 5.73 Å². The molecule has 0 aromatic carbocycles. The van der Waals surface area contributed by atoms with Crippen LogP contribution in [0.2, 0.25) is 0 Å². The maximum absolute atomic E-state index is 11.4. The van der Waals surface area contributed by atoms with Gasteiger partial charge in [-0.05, 0) is 10.3 Å². The molecule has 0 atom stereocenters. The van der Waals surface area contributed by atoms with E-state index < -0.39 is 5.91 Å². The van der Waals surface area contributed by atoms with E-state index in [2.05, 4.69) is 14.9 Å². The molecule has 0 spiro atoms. The van der Waals surface area contributed by atoms with Gasteiger partial charge in [0.2, 0.25) is 17.4 Å². The second-order valence-corrected chi connectivity index (χ2v) is 3.59. The third kappa shape index (κ3) is 1.46. The number of amidine groups is 1. The summed E-state index contributed by atoms with van der Waals surface area (Å²) in [7, 11) is 0. The van der Waals surface area contributed by atoms with E-state index in [0.717, 1.165) is 16.7 Å². The molecule has 1 fully saturated rings. The van der Waals surface area contributed by atoms with Crippen LogP contribution >= 0.6 is 11.8 Å². The molecule has 1 aliphatic heterocycles. The van der Waals surface area contributed by atoms with E-state index in [9.17, 15) is 9.59 Å². The van der Waals surface area contributed by atoms with E-state index >= 15 is 0 Å². The van der Waals surface area contributed by atoms with Gasteiger partial charge in [-0.2, -0.15) is 0 Å². The lowest BCUT2D eigenvalue weighted by Crippen LogP contribution is -2.31. The minimum Gasteiger partial charge on any atom is -0.364 e. The summed E-state index contributed by atoms with van der Waals surface area (Å²) in [6.45, 7) is 0. The molecule has 0 aliphatic carbocycles. The monoisotopic (exact) mass is 227 g/mol. The van der Waals surface area contributed by atoms with Crippen molar-refractivity contribution in [3.8, 4) is 0 Å². The van der Waals surface area contributed by atoms with Crippen molar-refractivity contribution in [1.82, 2.24) is 10.3 Å². The quantitative estimate of drug-likeness (QED) is 0.679. The van der Waals surface area contributed by atoms with Crippen molar-refractivity contribution in [2.45, 2.75) is 0 Å². The fraction of sp³-hybridized carbons (Fsp3) is 0.167. The first-order valence-corrected chi connectivity index (χ1v) is 4.76. The lowest BCUT2D eigenvalue weighted by atomic mass is 10.4. The summed E-state index contributed by atoms with van der Waals surface area (Å²) >= 11 is 1.03. The number of thioether (sulfide) groups is 1. The number of carbonyl (C=O) groups excluding carboxylic acids is 2. The Bertz CT molecular complexity index is 439. The average molecular weight is 227 g/mol. The number of carbonyl (C=O) groups is 2. The van der Waals surface area contributed by atoms with Gasteiger partial charge in [0.15, 0.2) is 5.17 Å². The van der Waals surface area contributed by atoms with Crippen LogP contribution in [0.3, 0.4) is 0 Å². The van der Waals surface area contributed by atoms with E-state index in [4.69, 9.17) is 11.1 Å². The normalized spacial score (nSPS) is 16.1. The Labute approximate surface area is 87.3 Å². The number of hydrogen-bond donors (Lipinski definition) is 2. The first kappa shape index (κ1) is 9.65. The molecule has 9 heteroatoms. The van der Waals surface area contributed by atoms with Gasteiger partial charge in [-0.3, -0.25) is 15.0 Å². The van der Waals surface area contributed by atoms with Crippen molar-refractivity contribution < 1.29 is 14.2 Å². The molecule has 0 bridgehead atoms. The molecule has 0 unspecified atom stereocenters. The van der Waals surface area contributed by atoms with Crippen molar-refractivity contribution in [3.05, 3.63) is 5.69 Å². The molecule has 8 nitrogen and oxygen atoms in total. The van der Waals surface area contributed by atoms with Crippen molar-refractivity contribution >= 4 is 34.6 Å². The molecule has 0 radical (unpaired) electrons. The zero-order valence-corrected chi connectivity index (χ0v) is 8.08. The smallest absolute Gasteiger partial charge is 0.274 e. The third-order valence-electron chi connectivity index (χ3n) is 1.70. The van der Waals surface area contributed by atoms with Gasteiger partial charge in [-0.1, -0.05) is 11.8 Å². The number of anilines is 1. The summed E-state index contributed by atoms with van der Waals surface area (Å²) < 4.78 is 4.32. The van der Waals surface area contributed by atoms with Crippen LogP contribution in [0.5, 0.6) is 0 Å². The number of primary amides is 1. The number of nitrogens with one attached hydrogen (secondary N) is 1. The largest absolute Gasteiger partial charge is 0.364 e. The molecule has 0 saturated carbocycles. The highest BCUT2D eigenvalue weighted by atomic mass is 32.2. The van der Waals surface area contributed by atoms with Crippen LogP contribution in [0.4, 0.5) is 5.82 Å². The Balaban J connectivity index is 2.45. The highest BCUT2D eigenvalue weighted by Crippen LogP contribution is 2.25. The van der Waals surface area contributed by atoms with Crippen LogP contribution in [0.1, 0.15) is 10.5 Å². The topological polar surface area (TPSA) is 126 Å². The van der Waals surface area contributed by atoms with Crippen molar-refractivity contribution in [1.29, 1.82) is 5.41 Å². The summed E-state index contributed by atoms with van der Waals surface area (Å²) in [5, 5.41) is 14.1. The van der Waals surface area contributed by atoms with Gasteiger partial charge >= 0.3 is 0 Å². The fourth-order valence-electron chi connectivity index (χ4n) is 1.07. The second-order valence-electron chi connectivity index (χ2n) is 2.62. The van der Waals surface area contributed by atoms with Gasteiger partial charge in [-0.15, -0.1) is 0 Å². The summed E-state index contributed by atoms with van der Waals surface area (Å²) in [5.41, 5.74) is 4.75. The van der Waals surface area contributed by atoms with E-state index in [1.165, 1.54) is 0 Å². The second kappa shape index (κ2) is 3.35. The molecule has 2 heterocycles. The van der Waals surface area contributed by atoms with Gasteiger partial charge in [-0.25, -0.2) is 9.53 Å². The summed E-state index contributed by atoms with van der Waals surface area (Å²) in [4.78, 5) is 23.2. The van der Waals surface area contributed by atoms with Crippen LogP contribution in [0, 0.1) is 5.41 Å². The molecule has 1 saturated heterocycles. The van der Waals surface area contributed by atoms with Crippen molar-refractivity contribution in [2.24, 2.45) is 5.73 Å². The Hall–Kier alpha value is -1.90. The van der Waals surface area contributed by atoms with Gasteiger partial charge in [0.1, 0.15) is 0 Å². The molecule has 2 rings (SSSR count). The number of rotatable bonds is 2. The predicted octanol–water partition coefficient (Wildman–Crippen LogP) is -0.817. The van der Waals surface area contributed by atoms with E-state index in [1.807, 2.05) is 0 Å². The van der Waals surface area contributed by atoms with E-state index in [0.29, 0.717) is 0 Å². The Kier molecular flexibility index (Phi) is 2.15. The lowest BCUT2D eigenvalue weighted by Gasteiger charge is -2.09. The summed E-state index contributed by atoms with van der Waals surface area (Å²) in [6.07, 6.45) is 0. The molecule has 2 amide bonds. The number of aromatic nitrogens is 2. The Morgan fingerprint density at radius 2 is 2.33 bits per heavy atom. The minimum absolute atomic E-state index is 0.0294. The number of hydrogen-bond acceptors (Lipinski definition) is 7. The van der Waals surface area contributed by atoms with Crippen LogP contribution in [-0.2, 0) is 4.79 Å². The number of nitrogens with two attached hydrogens (primary N) is 1. The maximum Gasteiger partial charge on any atom is 0.274 e. The van der Waals surface area contributed by atoms with Gasteiger partial charge in [0.05, 0.1) is 5.75 Å². The molecule has 78 valence electrons. The van der Waals surface area contributed by atoms with E-state index in [1.54, 1.807) is 0 Å².